The van der Waals surface area contributed by atoms with E-state index >= 15 is 0 Å². The number of para-hydroxylation sites is 1. The normalized spacial score (nSPS) is 13.2. The van der Waals surface area contributed by atoms with Crippen LogP contribution in [-0.4, -0.2) is 118 Å². The summed E-state index contributed by atoms with van der Waals surface area (Å²) >= 11 is 0. The van der Waals surface area contributed by atoms with E-state index < -0.39 is 36.5 Å². The number of piperidine rings is 1. The van der Waals surface area contributed by atoms with Crippen LogP contribution in [0.4, 0.5) is 42.5 Å². The number of aromatic nitrogens is 1. The van der Waals surface area contributed by atoms with Crippen molar-refractivity contribution < 1.29 is 75.5 Å². The number of aliphatic hydroxyl groups is 1. The van der Waals surface area contributed by atoms with Crippen LogP contribution < -0.4 is 26.4 Å². The number of pyridine rings is 1. The van der Waals surface area contributed by atoms with Crippen LogP contribution in [-0.2, 0) is 43.3 Å². The number of benzene rings is 5. The number of aromatic amines is 1. The largest absolute Gasteiger partial charge is 0.506 e. The topological polar surface area (TPSA) is 251 Å². The Hall–Kier alpha value is -8.28. The van der Waals surface area contributed by atoms with Crippen molar-refractivity contribution in [2.75, 3.05) is 50.0 Å². The van der Waals surface area contributed by atoms with Crippen LogP contribution in [0.15, 0.2) is 132 Å². The second kappa shape index (κ2) is 28.0. The van der Waals surface area contributed by atoms with Crippen LogP contribution in [0, 0.1) is 0 Å². The van der Waals surface area contributed by atoms with Gasteiger partial charge in [0.2, 0.25) is 17.4 Å². The van der Waals surface area contributed by atoms with Crippen molar-refractivity contribution in [2.45, 2.75) is 63.2 Å². The van der Waals surface area contributed by atoms with Gasteiger partial charge in [-0.05, 0) is 84.0 Å². The number of phenolic OH excluding ortho intramolecular Hbond substituents is 1. The number of nitrogens with zero attached hydrogens (tertiary/aromatic N) is 2. The molecule has 0 radical (unpaired) electrons. The van der Waals surface area contributed by atoms with Gasteiger partial charge in [-0.3, -0.25) is 19.7 Å². The third-order valence-corrected chi connectivity index (χ3v) is 11.9. The fourth-order valence-corrected chi connectivity index (χ4v) is 7.88. The summed E-state index contributed by atoms with van der Waals surface area (Å²) in [5.74, 6) is -5.68. The van der Waals surface area contributed by atoms with E-state index in [1.807, 2.05) is 97.1 Å². The lowest BCUT2D eigenvalue weighted by molar-refractivity contribution is -0.193. The molecule has 410 valence electrons. The quantitative estimate of drug-likeness (QED) is 0.0319. The summed E-state index contributed by atoms with van der Waals surface area (Å²) in [6.07, 6.45) is -9.01. The van der Waals surface area contributed by atoms with Crippen molar-refractivity contribution in [1.29, 1.82) is 0 Å². The van der Waals surface area contributed by atoms with Gasteiger partial charge in [0.15, 0.2) is 0 Å². The molecule has 0 spiro atoms. The number of nitrogens with one attached hydrogen (secondary N) is 4. The minimum atomic E-state index is -5.08. The maximum Gasteiger partial charge on any atom is 0.490 e. The number of hydrogen-bond acceptors (Lipinski definition) is 11. The summed E-state index contributed by atoms with van der Waals surface area (Å²) in [6, 6.07) is 39.1. The molecule has 1 aromatic heterocycles. The average molecular weight is 1080 g/mol. The van der Waals surface area contributed by atoms with Crippen LogP contribution in [0.2, 0.25) is 0 Å². The minimum absolute atomic E-state index is 0.00620. The summed E-state index contributed by atoms with van der Waals surface area (Å²) in [7, 11) is 1.76. The van der Waals surface area contributed by atoms with Gasteiger partial charge in [-0.2, -0.15) is 26.3 Å². The molecule has 0 aliphatic carbocycles. The smallest absolute Gasteiger partial charge is 0.490 e. The zero-order valence-electron chi connectivity index (χ0n) is 41.4. The SMILES string of the molecule is CN(C(=O)CCN1CCC(OC(=O)Nc2ccccc2-c2ccccc2)CC1)c1ccc(CC(=O)NCc2cccc(CCNC[C@H](O)c3ccc(O)c4[nH]c(=O)ccc34)c2)cc1.O=C(O)C(F)(F)F.O=C(O)C(F)(F)F. The van der Waals surface area contributed by atoms with Gasteiger partial charge in [0.25, 0.3) is 0 Å². The van der Waals surface area contributed by atoms with Gasteiger partial charge >= 0.3 is 30.4 Å². The second-order valence-electron chi connectivity index (χ2n) is 17.5. The highest BCUT2D eigenvalue weighted by Gasteiger charge is 2.39. The number of phenols is 1. The third kappa shape index (κ3) is 19.1. The number of ether oxygens (including phenoxy) is 1. The van der Waals surface area contributed by atoms with Crippen LogP contribution in [0.5, 0.6) is 5.75 Å². The predicted octanol–water partition coefficient (Wildman–Crippen LogP) is 7.96. The molecule has 5 aromatic carbocycles. The van der Waals surface area contributed by atoms with Crippen molar-refractivity contribution in [3.8, 4) is 16.9 Å². The van der Waals surface area contributed by atoms with Gasteiger partial charge < -0.3 is 50.6 Å². The number of likely N-dealkylation sites (tertiary alicyclic amines) is 1. The van der Waals surface area contributed by atoms with E-state index in [0.29, 0.717) is 67.5 Å². The first-order chi connectivity index (χ1) is 36.5. The Morgan fingerprint density at radius 2 is 1.40 bits per heavy atom. The Morgan fingerprint density at radius 3 is 2.05 bits per heavy atom. The molecule has 23 heteroatoms. The highest BCUT2D eigenvalue weighted by atomic mass is 19.4. The number of carbonyl (C=O) groups excluding carboxylic acids is 3. The number of aromatic hydroxyl groups is 1. The first kappa shape index (κ1) is 59.6. The maximum atomic E-state index is 13.1. The van der Waals surface area contributed by atoms with Crippen molar-refractivity contribution >= 4 is 52.1 Å². The molecule has 0 unspecified atom stereocenters. The molecule has 2 heterocycles. The summed E-state index contributed by atoms with van der Waals surface area (Å²) in [5, 5.41) is 45.0. The zero-order valence-corrected chi connectivity index (χ0v) is 41.4. The summed E-state index contributed by atoms with van der Waals surface area (Å²) < 4.78 is 69.2. The number of amides is 3. The Morgan fingerprint density at radius 1 is 0.779 bits per heavy atom. The number of H-pyrrole nitrogens is 1. The number of alkyl halides is 6. The van der Waals surface area contributed by atoms with E-state index in [2.05, 4.69) is 31.9 Å². The van der Waals surface area contributed by atoms with E-state index in [0.717, 1.165) is 46.6 Å². The molecule has 0 bridgehead atoms. The van der Waals surface area contributed by atoms with Crippen molar-refractivity contribution in [3.63, 3.8) is 0 Å². The molecule has 17 nitrogen and oxygen atoms in total. The van der Waals surface area contributed by atoms with Crippen molar-refractivity contribution in [1.82, 2.24) is 20.5 Å². The number of anilines is 2. The predicted molar refractivity (Wildman–Crippen MR) is 273 cm³/mol. The molecule has 1 atom stereocenters. The molecule has 1 saturated heterocycles. The lowest BCUT2D eigenvalue weighted by Gasteiger charge is -2.31. The van der Waals surface area contributed by atoms with Crippen LogP contribution in [0.25, 0.3) is 22.0 Å². The molecule has 1 fully saturated rings. The number of carboxylic acid groups (broad SMARTS) is 2. The van der Waals surface area contributed by atoms with Gasteiger partial charge in [0.05, 0.1) is 23.7 Å². The highest BCUT2D eigenvalue weighted by Crippen LogP contribution is 2.30. The van der Waals surface area contributed by atoms with E-state index in [9.17, 15) is 55.7 Å². The van der Waals surface area contributed by atoms with E-state index in [1.54, 1.807) is 24.1 Å². The number of hydrogen-bond donors (Lipinski definition) is 8. The Kier molecular flexibility index (Phi) is 21.7. The van der Waals surface area contributed by atoms with Crippen LogP contribution in [0.1, 0.15) is 47.6 Å². The number of halogens is 6. The van der Waals surface area contributed by atoms with Crippen molar-refractivity contribution in [2.24, 2.45) is 0 Å². The Balaban J connectivity index is 0.000000688. The zero-order chi connectivity index (χ0) is 56.3. The Labute approximate surface area is 437 Å². The lowest BCUT2D eigenvalue weighted by Crippen LogP contribution is -2.40. The molecule has 1 aliphatic heterocycles. The lowest BCUT2D eigenvalue weighted by atomic mass is 10.0. The summed E-state index contributed by atoms with van der Waals surface area (Å²) in [5.41, 5.74) is 6.87. The number of rotatable bonds is 17. The van der Waals surface area contributed by atoms with Gasteiger partial charge in [-0.25, -0.2) is 14.4 Å². The fraction of sp³-hybridized carbons (Fsp3) is 0.296. The third-order valence-electron chi connectivity index (χ3n) is 11.9. The number of fused-ring (bicyclic) bond motifs is 1. The summed E-state index contributed by atoms with van der Waals surface area (Å²) in [6.45, 7) is 3.36. The van der Waals surface area contributed by atoms with E-state index in [4.69, 9.17) is 24.5 Å². The first-order valence-electron chi connectivity index (χ1n) is 23.9. The van der Waals surface area contributed by atoms with Gasteiger partial charge in [0.1, 0.15) is 11.9 Å². The molecule has 1 aliphatic rings. The molecule has 7 rings (SSSR count). The highest BCUT2D eigenvalue weighted by molar-refractivity contribution is 5.93. The van der Waals surface area contributed by atoms with Gasteiger partial charge in [-0.1, -0.05) is 91.0 Å². The van der Waals surface area contributed by atoms with E-state index in [-0.39, 0.29) is 42.2 Å². The van der Waals surface area contributed by atoms with Crippen molar-refractivity contribution in [3.05, 3.63) is 160 Å². The van der Waals surface area contributed by atoms with Gasteiger partial charge in [0, 0.05) is 68.9 Å². The standard InChI is InChI=1S/C50H54N6O7.2C2HF3O2/c1-55(48(61)25-29-56-27-23-39(24-28-56)63-50(62)53-43-13-6-5-12-40(43)37-10-3-2-4-11-37)38-16-14-35(15-17-38)31-47(60)52-32-36-9-7-8-34(30-36)22-26-51-33-45(58)41-18-20-44(57)49-42(41)19-21-46(59)54-49;2*3-2(4,5)1(6)7/h2-21,30,39,45,51,57-58H,22-29,31-33H2,1H3,(H,52,60)(H,53,62)(H,54,59);2*(H,6,7)/t45-;;/m0../s1. The molecular formula is C54H56F6N6O11. The minimum Gasteiger partial charge on any atom is -0.506 e. The second-order valence-corrected chi connectivity index (χ2v) is 17.5. The molecule has 6 aromatic rings. The number of aliphatic hydroxyl groups excluding tert-OH is 1. The van der Waals surface area contributed by atoms with Crippen LogP contribution in [0.3, 0.4) is 0 Å². The van der Waals surface area contributed by atoms with Crippen LogP contribution >= 0.6 is 0 Å². The molecular weight excluding hydrogens is 1020 g/mol. The van der Waals surface area contributed by atoms with E-state index in [1.165, 1.54) is 12.1 Å². The summed E-state index contributed by atoms with van der Waals surface area (Å²) in [4.78, 5) is 74.8. The molecule has 3 amide bonds. The Bertz CT molecular complexity index is 2980. The number of aliphatic carboxylic acids is 2. The number of carbonyl (C=O) groups is 5. The maximum absolute atomic E-state index is 13.1. The van der Waals surface area contributed by atoms with Gasteiger partial charge in [-0.15, -0.1) is 0 Å². The first-order valence-corrected chi connectivity index (χ1v) is 23.9. The molecule has 0 saturated carbocycles. The average Bonchev–Trinajstić information content (AvgIpc) is 3.39. The molecule has 8 N–H and O–H groups in total. The molecule has 77 heavy (non-hydrogen) atoms. The number of carboxylic acids is 2. The fourth-order valence-electron chi connectivity index (χ4n) is 7.88. The monoisotopic (exact) mass is 1080 g/mol.